The Kier molecular flexibility index (Phi) is 9.31. The molecule has 2 heterocycles. The van der Waals surface area contributed by atoms with Crippen molar-refractivity contribution in [3.05, 3.63) is 59.9 Å². The average Bonchev–Trinajstić information content (AvgIpc) is 3.32. The summed E-state index contributed by atoms with van der Waals surface area (Å²) in [6.45, 7) is 11.1. The van der Waals surface area contributed by atoms with E-state index in [2.05, 4.69) is 20.5 Å². The van der Waals surface area contributed by atoms with E-state index in [9.17, 15) is 9.90 Å². The molecule has 3 rings (SSSR count). The molecule has 0 saturated carbocycles. The first-order valence-corrected chi connectivity index (χ1v) is 10.1. The van der Waals surface area contributed by atoms with Crippen LogP contribution in [0.2, 0.25) is 0 Å². The maximum atomic E-state index is 11.5. The third-order valence-electron chi connectivity index (χ3n) is 3.93. The summed E-state index contributed by atoms with van der Waals surface area (Å²) in [7, 11) is 0. The fraction of sp³-hybridized carbons (Fsp3) is 0.364. The maximum Gasteiger partial charge on any atom is 0.164 e. The number of para-hydroxylation sites is 1. The van der Waals surface area contributed by atoms with E-state index in [4.69, 9.17) is 0 Å². The molecule has 1 N–H and O–H groups in total. The average molecular weight is 607 g/mol. The van der Waals surface area contributed by atoms with E-state index >= 15 is 0 Å². The van der Waals surface area contributed by atoms with Crippen LogP contribution < -0.4 is 0 Å². The first-order valence-electron chi connectivity index (χ1n) is 9.23. The van der Waals surface area contributed by atoms with Crippen molar-refractivity contribution >= 4 is 17.3 Å². The quantitative estimate of drug-likeness (QED) is 0.250. The monoisotopic (exact) mass is 606 g/mol. The van der Waals surface area contributed by atoms with E-state index in [0.29, 0.717) is 5.82 Å². The Bertz CT molecular complexity index is 953. The van der Waals surface area contributed by atoms with Crippen LogP contribution in [0, 0.1) is 16.9 Å². The molecule has 0 saturated heterocycles. The van der Waals surface area contributed by atoms with Gasteiger partial charge in [0.2, 0.25) is 0 Å². The van der Waals surface area contributed by atoms with Crippen LogP contribution in [0.15, 0.2) is 53.9 Å². The van der Waals surface area contributed by atoms with Gasteiger partial charge in [0.15, 0.2) is 5.78 Å². The van der Waals surface area contributed by atoms with Crippen LogP contribution in [0.4, 0.5) is 0 Å². The Balaban J connectivity index is 0.000000299. The predicted molar refractivity (Wildman–Crippen MR) is 116 cm³/mol. The van der Waals surface area contributed by atoms with E-state index in [1.54, 1.807) is 10.1 Å². The summed E-state index contributed by atoms with van der Waals surface area (Å²) in [4.78, 5) is 15.7. The summed E-state index contributed by atoms with van der Waals surface area (Å²) in [6, 6.07) is 12.9. The molecule has 164 valence electrons. The third kappa shape index (κ3) is 7.29. The number of ketones is 1. The summed E-state index contributed by atoms with van der Waals surface area (Å²) in [6.07, 6.45) is 2.86. The molecule has 0 radical (unpaired) electrons. The van der Waals surface area contributed by atoms with Crippen LogP contribution in [0.3, 0.4) is 0 Å². The van der Waals surface area contributed by atoms with E-state index in [1.807, 2.05) is 71.9 Å². The van der Waals surface area contributed by atoms with Gasteiger partial charge in [-0.15, -0.1) is 0 Å². The van der Waals surface area contributed by atoms with Gasteiger partial charge in [0.05, 0.1) is 0 Å². The zero-order chi connectivity index (χ0) is 21.7. The molecule has 6 nitrogen and oxygen atoms in total. The molecule has 0 amide bonds. The van der Waals surface area contributed by atoms with Gasteiger partial charge in [-0.05, 0) is 17.8 Å². The largest absolute Gasteiger partial charge is 0.512 e. The molecular weight excluding hydrogens is 579 g/mol. The van der Waals surface area contributed by atoms with Crippen molar-refractivity contribution in [1.29, 1.82) is 0 Å². The first kappa shape index (κ1) is 25.9. The van der Waals surface area contributed by atoms with Crippen molar-refractivity contribution in [2.75, 3.05) is 0 Å². The number of carbonyl (C=O) groups excluding carboxylic acids is 1. The first-order chi connectivity index (χ1) is 13.5. The Hall–Kier alpha value is -2.11. The van der Waals surface area contributed by atoms with Gasteiger partial charge in [0, 0.05) is 49.5 Å². The number of aromatic nitrogens is 4. The topological polar surface area (TPSA) is 80.9 Å². The fourth-order valence-electron chi connectivity index (χ4n) is 2.01. The molecule has 0 aliphatic heterocycles. The van der Waals surface area contributed by atoms with Crippen LogP contribution in [0.5, 0.6) is 0 Å². The standard InChI is InChI=1S/C11H7N4S.C11H20O2.Pt/c1-2-4-9(5-3-1)15-11(12-8-13-15)10-6-7-16-14-10;1-10(2,3)8(12)7-9(13)11(4,5)6;/h1-5,7-8H;7,12H,1-6H3;/q-1;;/b;8-7-;. The van der Waals surface area contributed by atoms with Gasteiger partial charge in [-0.25, -0.2) is 10.4 Å². The SMILES string of the molecule is CC(C)(C)C(=O)/C=C(\O)C(C)(C)C.[Pt].[c-]1csnc1-c1ncnn1-c1ccccc1. The zero-order valence-electron chi connectivity index (χ0n) is 18.0. The molecule has 0 fully saturated rings. The number of allylic oxidation sites excluding steroid dienone is 2. The molecule has 0 spiro atoms. The van der Waals surface area contributed by atoms with E-state index < -0.39 is 5.41 Å². The van der Waals surface area contributed by atoms with Crippen molar-refractivity contribution in [2.45, 2.75) is 41.5 Å². The van der Waals surface area contributed by atoms with Crippen molar-refractivity contribution in [2.24, 2.45) is 10.8 Å². The second-order valence-electron chi connectivity index (χ2n) is 8.53. The number of aliphatic hydroxyl groups excluding tert-OH is 1. The molecule has 30 heavy (non-hydrogen) atoms. The van der Waals surface area contributed by atoms with Crippen LogP contribution in [-0.2, 0) is 25.9 Å². The number of hydrogen-bond donors (Lipinski definition) is 1. The molecule has 1 aromatic carbocycles. The molecule has 0 aliphatic rings. The van der Waals surface area contributed by atoms with Gasteiger partial charge < -0.3 is 10.1 Å². The molecule has 3 aromatic rings. The molecule has 0 unspecified atom stereocenters. The number of aliphatic hydroxyl groups is 1. The molecule has 8 heteroatoms. The maximum absolute atomic E-state index is 11.5. The fourth-order valence-corrected chi connectivity index (χ4v) is 2.47. The van der Waals surface area contributed by atoms with Crippen LogP contribution in [-0.4, -0.2) is 30.0 Å². The van der Waals surface area contributed by atoms with Gasteiger partial charge in [-0.3, -0.25) is 9.48 Å². The van der Waals surface area contributed by atoms with Crippen LogP contribution in [0.1, 0.15) is 41.5 Å². The minimum absolute atomic E-state index is 0. The van der Waals surface area contributed by atoms with E-state index in [1.165, 1.54) is 23.9 Å². The van der Waals surface area contributed by atoms with Crippen molar-refractivity contribution in [3.8, 4) is 17.2 Å². The Morgan fingerprint density at radius 3 is 2.23 bits per heavy atom. The van der Waals surface area contributed by atoms with Gasteiger partial charge in [-0.1, -0.05) is 76.7 Å². The number of benzene rings is 1. The summed E-state index contributed by atoms with van der Waals surface area (Å²) in [5.41, 5.74) is 0.933. The zero-order valence-corrected chi connectivity index (χ0v) is 21.1. The second kappa shape index (κ2) is 10.8. The van der Waals surface area contributed by atoms with Crippen LogP contribution >= 0.6 is 11.5 Å². The van der Waals surface area contributed by atoms with Gasteiger partial charge >= 0.3 is 0 Å². The summed E-state index contributed by atoms with van der Waals surface area (Å²) in [5, 5.41) is 15.6. The van der Waals surface area contributed by atoms with Gasteiger partial charge in [0.25, 0.3) is 0 Å². The molecule has 0 aliphatic carbocycles. The summed E-state index contributed by atoms with van der Waals surface area (Å²) >= 11 is 1.36. The van der Waals surface area contributed by atoms with Crippen molar-refractivity contribution in [3.63, 3.8) is 0 Å². The Morgan fingerprint density at radius 1 is 1.10 bits per heavy atom. The van der Waals surface area contributed by atoms with E-state index in [-0.39, 0.29) is 38.0 Å². The number of carbonyl (C=O) groups is 1. The number of hydrogen-bond acceptors (Lipinski definition) is 6. The predicted octanol–water partition coefficient (Wildman–Crippen LogP) is 5.28. The smallest absolute Gasteiger partial charge is 0.164 e. The van der Waals surface area contributed by atoms with Gasteiger partial charge in [-0.2, -0.15) is 5.10 Å². The van der Waals surface area contributed by atoms with Crippen LogP contribution in [0.25, 0.3) is 17.2 Å². The molecular formula is C22H27N4O2PtS-. The number of nitrogens with zero attached hydrogens (tertiary/aromatic N) is 4. The normalized spacial score (nSPS) is 11.9. The third-order valence-corrected chi connectivity index (χ3v) is 4.44. The molecule has 2 aromatic heterocycles. The van der Waals surface area contributed by atoms with Crippen molar-refractivity contribution < 1.29 is 31.0 Å². The summed E-state index contributed by atoms with van der Waals surface area (Å²) < 4.78 is 5.96. The van der Waals surface area contributed by atoms with E-state index in [0.717, 1.165) is 11.4 Å². The van der Waals surface area contributed by atoms with Crippen molar-refractivity contribution in [1.82, 2.24) is 19.1 Å². The number of rotatable bonds is 3. The Labute approximate surface area is 196 Å². The minimum Gasteiger partial charge on any atom is -0.512 e. The summed E-state index contributed by atoms with van der Waals surface area (Å²) in [5.74, 6) is 0.819. The minimum atomic E-state index is -0.417. The second-order valence-corrected chi connectivity index (χ2v) is 9.16. The molecule has 0 atom stereocenters. The molecule has 0 bridgehead atoms. The Morgan fingerprint density at radius 2 is 1.73 bits per heavy atom. The van der Waals surface area contributed by atoms with Gasteiger partial charge in [0.1, 0.15) is 12.1 Å².